The highest BCUT2D eigenvalue weighted by Crippen LogP contribution is 2.19. The number of aryl methyl sites for hydroxylation is 1. The van der Waals surface area contributed by atoms with Crippen LogP contribution >= 0.6 is 11.8 Å². The molecule has 0 spiro atoms. The van der Waals surface area contributed by atoms with Crippen LogP contribution < -0.4 is 5.32 Å². The summed E-state index contributed by atoms with van der Waals surface area (Å²) in [4.78, 5) is 0. The Kier molecular flexibility index (Phi) is 7.35. The van der Waals surface area contributed by atoms with E-state index in [0.29, 0.717) is 6.04 Å². The third kappa shape index (κ3) is 4.98. The van der Waals surface area contributed by atoms with E-state index in [2.05, 4.69) is 43.3 Å². The van der Waals surface area contributed by atoms with Crippen molar-refractivity contribution >= 4 is 11.8 Å². The first-order chi connectivity index (χ1) is 8.69. The van der Waals surface area contributed by atoms with E-state index in [1.54, 1.807) is 0 Å². The fourth-order valence-corrected chi connectivity index (χ4v) is 2.97. The molecule has 0 radical (unpaired) electrons. The quantitative estimate of drug-likeness (QED) is 0.749. The highest BCUT2D eigenvalue weighted by atomic mass is 32.2. The smallest absolute Gasteiger partial charge is 0.0764 e. The predicted octanol–water partition coefficient (Wildman–Crippen LogP) is 2.73. The second-order valence-corrected chi connectivity index (χ2v) is 6.00. The van der Waals surface area contributed by atoms with Crippen LogP contribution in [0.25, 0.3) is 0 Å². The Bertz CT molecular complexity index is 325. The molecule has 1 rings (SSSR count). The SMILES string of the molecule is CCCn1nncc1C(CSCC(C)C)NCC. The van der Waals surface area contributed by atoms with E-state index in [9.17, 15) is 0 Å². The van der Waals surface area contributed by atoms with Gasteiger partial charge in [-0.1, -0.05) is 32.9 Å². The van der Waals surface area contributed by atoms with Crippen molar-refractivity contribution in [3.8, 4) is 0 Å². The molecule has 1 atom stereocenters. The zero-order chi connectivity index (χ0) is 13.4. The molecule has 1 heterocycles. The Labute approximate surface area is 115 Å². The summed E-state index contributed by atoms with van der Waals surface area (Å²) in [7, 11) is 0. The molecule has 1 aromatic rings. The van der Waals surface area contributed by atoms with Crippen molar-refractivity contribution in [3.63, 3.8) is 0 Å². The number of hydrogen-bond acceptors (Lipinski definition) is 4. The average molecular weight is 270 g/mol. The van der Waals surface area contributed by atoms with Gasteiger partial charge in [-0.15, -0.1) is 5.10 Å². The average Bonchev–Trinajstić information content (AvgIpc) is 2.76. The van der Waals surface area contributed by atoms with Gasteiger partial charge in [0.25, 0.3) is 0 Å². The Hall–Kier alpha value is -0.550. The van der Waals surface area contributed by atoms with E-state index in [4.69, 9.17) is 0 Å². The second kappa shape index (κ2) is 8.53. The second-order valence-electron chi connectivity index (χ2n) is 4.92. The topological polar surface area (TPSA) is 42.7 Å². The van der Waals surface area contributed by atoms with Crippen LogP contribution in [0.15, 0.2) is 6.20 Å². The van der Waals surface area contributed by atoms with Crippen molar-refractivity contribution in [2.24, 2.45) is 5.92 Å². The molecule has 104 valence electrons. The highest BCUT2D eigenvalue weighted by Gasteiger charge is 2.16. The summed E-state index contributed by atoms with van der Waals surface area (Å²) < 4.78 is 2.03. The fourth-order valence-electron chi connectivity index (χ4n) is 1.84. The van der Waals surface area contributed by atoms with Gasteiger partial charge in [0, 0.05) is 12.3 Å². The first kappa shape index (κ1) is 15.5. The van der Waals surface area contributed by atoms with Crippen molar-refractivity contribution in [2.45, 2.75) is 46.7 Å². The molecule has 0 aliphatic carbocycles. The molecule has 1 unspecified atom stereocenters. The maximum Gasteiger partial charge on any atom is 0.0764 e. The molecule has 0 aliphatic rings. The number of rotatable bonds is 9. The van der Waals surface area contributed by atoms with Crippen LogP contribution in [0, 0.1) is 5.92 Å². The van der Waals surface area contributed by atoms with Gasteiger partial charge < -0.3 is 5.32 Å². The van der Waals surface area contributed by atoms with E-state index in [1.807, 2.05) is 22.6 Å². The van der Waals surface area contributed by atoms with Crippen LogP contribution in [0.5, 0.6) is 0 Å². The van der Waals surface area contributed by atoms with Gasteiger partial charge in [0.1, 0.15) is 0 Å². The molecule has 0 saturated carbocycles. The molecule has 4 nitrogen and oxygen atoms in total. The van der Waals surface area contributed by atoms with Crippen LogP contribution in [0.4, 0.5) is 0 Å². The summed E-state index contributed by atoms with van der Waals surface area (Å²) in [6.45, 7) is 10.8. The van der Waals surface area contributed by atoms with Crippen LogP contribution in [0.1, 0.15) is 45.9 Å². The molecule has 1 N–H and O–H groups in total. The number of thioether (sulfide) groups is 1. The van der Waals surface area contributed by atoms with E-state index in [1.165, 1.54) is 11.4 Å². The molecule has 0 bridgehead atoms. The molecule has 5 heteroatoms. The lowest BCUT2D eigenvalue weighted by molar-refractivity contribution is 0.501. The van der Waals surface area contributed by atoms with Crippen LogP contribution in [-0.4, -0.2) is 33.0 Å². The van der Waals surface area contributed by atoms with Gasteiger partial charge >= 0.3 is 0 Å². The summed E-state index contributed by atoms with van der Waals surface area (Å²) in [6, 6.07) is 0.361. The summed E-state index contributed by atoms with van der Waals surface area (Å²) in [5.41, 5.74) is 1.22. The van der Waals surface area contributed by atoms with Gasteiger partial charge in [-0.2, -0.15) is 11.8 Å². The minimum Gasteiger partial charge on any atom is -0.308 e. The van der Waals surface area contributed by atoms with Crippen LogP contribution in [0.3, 0.4) is 0 Å². The van der Waals surface area contributed by atoms with Gasteiger partial charge in [-0.25, -0.2) is 4.68 Å². The zero-order valence-corrected chi connectivity index (χ0v) is 12.8. The van der Waals surface area contributed by atoms with Gasteiger partial charge in [-0.05, 0) is 24.6 Å². The molecule has 1 aromatic heterocycles. The summed E-state index contributed by atoms with van der Waals surface area (Å²) >= 11 is 2.00. The molecule has 0 amide bonds. The maximum absolute atomic E-state index is 4.17. The van der Waals surface area contributed by atoms with Gasteiger partial charge in [-0.3, -0.25) is 0 Å². The van der Waals surface area contributed by atoms with Gasteiger partial charge in [0.2, 0.25) is 0 Å². The summed E-state index contributed by atoms with van der Waals surface area (Å²) in [5, 5.41) is 11.8. The monoisotopic (exact) mass is 270 g/mol. The third-order valence-electron chi connectivity index (χ3n) is 2.63. The fraction of sp³-hybridized carbons (Fsp3) is 0.846. The lowest BCUT2D eigenvalue weighted by atomic mass is 10.2. The largest absolute Gasteiger partial charge is 0.308 e. The lowest BCUT2D eigenvalue weighted by Crippen LogP contribution is -2.26. The number of hydrogen-bond donors (Lipinski definition) is 1. The first-order valence-electron chi connectivity index (χ1n) is 6.88. The molecule has 0 saturated heterocycles. The van der Waals surface area contributed by atoms with Crippen molar-refractivity contribution in [3.05, 3.63) is 11.9 Å². The highest BCUT2D eigenvalue weighted by molar-refractivity contribution is 7.99. The normalized spacial score (nSPS) is 13.2. The first-order valence-corrected chi connectivity index (χ1v) is 8.04. The molecule has 0 aromatic carbocycles. The van der Waals surface area contributed by atoms with Crippen molar-refractivity contribution in [2.75, 3.05) is 18.1 Å². The number of nitrogens with one attached hydrogen (secondary N) is 1. The molecule has 18 heavy (non-hydrogen) atoms. The zero-order valence-electron chi connectivity index (χ0n) is 12.0. The standard InChI is InChI=1S/C13H26N4S/c1-5-7-17-13(8-15-16-17)12(14-6-2)10-18-9-11(3)4/h8,11-12,14H,5-7,9-10H2,1-4H3. The molecular formula is C13H26N4S. The van der Waals surface area contributed by atoms with E-state index >= 15 is 0 Å². The Balaban J connectivity index is 2.61. The van der Waals surface area contributed by atoms with E-state index < -0.39 is 0 Å². The van der Waals surface area contributed by atoms with Gasteiger partial charge in [0.15, 0.2) is 0 Å². The minimum absolute atomic E-state index is 0.361. The number of aromatic nitrogens is 3. The van der Waals surface area contributed by atoms with Gasteiger partial charge in [0.05, 0.1) is 17.9 Å². The lowest BCUT2D eigenvalue weighted by Gasteiger charge is -2.18. The minimum atomic E-state index is 0.361. The Morgan fingerprint density at radius 1 is 1.33 bits per heavy atom. The van der Waals surface area contributed by atoms with E-state index in [0.717, 1.165) is 31.2 Å². The maximum atomic E-state index is 4.17. The van der Waals surface area contributed by atoms with Crippen LogP contribution in [-0.2, 0) is 6.54 Å². The molecule has 0 aliphatic heterocycles. The third-order valence-corrected chi connectivity index (χ3v) is 4.10. The predicted molar refractivity (Wildman–Crippen MR) is 78.9 cm³/mol. The van der Waals surface area contributed by atoms with Crippen molar-refractivity contribution < 1.29 is 0 Å². The van der Waals surface area contributed by atoms with Crippen molar-refractivity contribution in [1.82, 2.24) is 20.3 Å². The van der Waals surface area contributed by atoms with Crippen molar-refractivity contribution in [1.29, 1.82) is 0 Å². The Morgan fingerprint density at radius 2 is 2.11 bits per heavy atom. The summed E-state index contributed by atoms with van der Waals surface area (Å²) in [6.07, 6.45) is 2.99. The summed E-state index contributed by atoms with van der Waals surface area (Å²) in [5.74, 6) is 3.04. The van der Waals surface area contributed by atoms with E-state index in [-0.39, 0.29) is 0 Å². The molecule has 0 fully saturated rings. The molecular weight excluding hydrogens is 244 g/mol. The number of nitrogens with zero attached hydrogens (tertiary/aromatic N) is 3. The van der Waals surface area contributed by atoms with Crippen LogP contribution in [0.2, 0.25) is 0 Å². The Morgan fingerprint density at radius 3 is 2.72 bits per heavy atom.